The minimum atomic E-state index is -1.83. The van der Waals surface area contributed by atoms with Crippen LogP contribution in [0.2, 0.25) is 0 Å². The molecule has 3 atom stereocenters. The van der Waals surface area contributed by atoms with Gasteiger partial charge in [-0.1, -0.05) is 59.1 Å². The molecular formula is C22H23Cl3N4O2S. The molecule has 2 N–H and O–H groups in total. The molecule has 1 saturated heterocycles. The summed E-state index contributed by atoms with van der Waals surface area (Å²) in [5, 5.41) is 6.18. The van der Waals surface area contributed by atoms with Gasteiger partial charge in [0.25, 0.3) is 11.5 Å². The fourth-order valence-corrected chi connectivity index (χ4v) is 5.11. The van der Waals surface area contributed by atoms with Gasteiger partial charge in [0, 0.05) is 42.9 Å². The fourth-order valence-electron chi connectivity index (χ4n) is 4.51. The number of carbonyl (C=O) groups is 1. The van der Waals surface area contributed by atoms with Gasteiger partial charge in [-0.2, -0.15) is 0 Å². The Balaban J connectivity index is 1.48. The largest absolute Gasteiger partial charge is 0.348 e. The average molecular weight is 514 g/mol. The molecule has 1 amide bonds. The van der Waals surface area contributed by atoms with E-state index < -0.39 is 9.96 Å². The number of likely N-dealkylation sites (tertiary alicyclic amines) is 1. The van der Waals surface area contributed by atoms with Crippen LogP contribution in [0.4, 0.5) is 0 Å². The van der Waals surface area contributed by atoms with E-state index in [9.17, 15) is 9.59 Å². The molecule has 0 aliphatic carbocycles. The maximum atomic E-state index is 12.8. The summed E-state index contributed by atoms with van der Waals surface area (Å²) in [6, 6.07) is 12.6. The van der Waals surface area contributed by atoms with E-state index in [1.807, 2.05) is 34.6 Å². The topological polar surface area (TPSA) is 66.4 Å². The third-order valence-electron chi connectivity index (χ3n) is 6.03. The molecule has 32 heavy (non-hydrogen) atoms. The minimum absolute atomic E-state index is 0.0292. The highest BCUT2D eigenvalue weighted by molar-refractivity contribution is 7.80. The Morgan fingerprint density at radius 2 is 1.84 bits per heavy atom. The van der Waals surface area contributed by atoms with Gasteiger partial charge >= 0.3 is 0 Å². The van der Waals surface area contributed by atoms with Gasteiger partial charge < -0.3 is 20.1 Å². The molecule has 2 aliphatic rings. The highest BCUT2D eigenvalue weighted by Gasteiger charge is 2.39. The van der Waals surface area contributed by atoms with E-state index in [1.165, 1.54) is 0 Å². The van der Waals surface area contributed by atoms with E-state index in [2.05, 4.69) is 10.6 Å². The summed E-state index contributed by atoms with van der Waals surface area (Å²) in [7, 11) is 0. The Kier molecular flexibility index (Phi) is 6.73. The first-order valence-corrected chi connectivity index (χ1v) is 11.9. The Morgan fingerprint density at radius 3 is 2.56 bits per heavy atom. The van der Waals surface area contributed by atoms with Crippen molar-refractivity contribution < 1.29 is 4.79 Å². The predicted molar refractivity (Wildman–Crippen MR) is 132 cm³/mol. The maximum Gasteiger partial charge on any atom is 0.253 e. The number of aromatic nitrogens is 1. The molecule has 0 saturated carbocycles. The van der Waals surface area contributed by atoms with Crippen molar-refractivity contribution in [1.29, 1.82) is 0 Å². The maximum absolute atomic E-state index is 12.8. The van der Waals surface area contributed by atoms with Crippen LogP contribution in [0.3, 0.4) is 0 Å². The van der Waals surface area contributed by atoms with Crippen molar-refractivity contribution in [3.05, 3.63) is 69.6 Å². The Labute approximate surface area is 206 Å². The second-order valence-electron chi connectivity index (χ2n) is 8.32. The van der Waals surface area contributed by atoms with Gasteiger partial charge in [-0.05, 0) is 49.2 Å². The highest BCUT2D eigenvalue weighted by atomic mass is 35.6. The number of amides is 1. The number of aryl methyl sites for hydroxylation is 1. The number of nitrogens with zero attached hydrogens (tertiary/aromatic N) is 2. The minimum Gasteiger partial charge on any atom is -0.348 e. The van der Waals surface area contributed by atoms with Crippen molar-refractivity contribution in [1.82, 2.24) is 20.1 Å². The zero-order chi connectivity index (χ0) is 23.0. The molecule has 2 bridgehead atoms. The van der Waals surface area contributed by atoms with Crippen molar-refractivity contribution in [3.63, 3.8) is 0 Å². The molecule has 4 rings (SSSR count). The molecule has 1 fully saturated rings. The number of hydrogen-bond donors (Lipinski definition) is 2. The first-order chi connectivity index (χ1) is 15.1. The van der Waals surface area contributed by atoms with E-state index >= 15 is 0 Å². The molecule has 1 aromatic heterocycles. The van der Waals surface area contributed by atoms with E-state index in [0.29, 0.717) is 30.3 Å². The monoisotopic (exact) mass is 512 g/mol. The van der Waals surface area contributed by atoms with Crippen LogP contribution in [0.1, 0.15) is 34.0 Å². The van der Waals surface area contributed by atoms with Gasteiger partial charge in [0.15, 0.2) is 5.11 Å². The third kappa shape index (κ3) is 4.91. The molecule has 3 heterocycles. The molecule has 0 unspecified atom stereocenters. The number of hydrogen-bond acceptors (Lipinski definition) is 3. The molecule has 2 aromatic rings. The van der Waals surface area contributed by atoms with Crippen LogP contribution in [-0.4, -0.2) is 43.5 Å². The van der Waals surface area contributed by atoms with E-state index in [0.717, 1.165) is 17.7 Å². The summed E-state index contributed by atoms with van der Waals surface area (Å²) >= 11 is 24.1. The molecular weight excluding hydrogens is 491 g/mol. The fraction of sp³-hybridized carbons (Fsp3) is 0.409. The second kappa shape index (κ2) is 9.21. The number of halogens is 3. The Morgan fingerprint density at radius 1 is 1.09 bits per heavy atom. The average Bonchev–Trinajstić information content (AvgIpc) is 2.73. The molecule has 0 radical (unpaired) electrons. The first kappa shape index (κ1) is 23.4. The van der Waals surface area contributed by atoms with E-state index in [4.69, 9.17) is 47.0 Å². The molecule has 6 nitrogen and oxygen atoms in total. The summed E-state index contributed by atoms with van der Waals surface area (Å²) in [6.45, 7) is 3.82. The normalized spacial score (nSPS) is 20.8. The van der Waals surface area contributed by atoms with Gasteiger partial charge in [0.05, 0.1) is 0 Å². The molecule has 10 heteroatoms. The van der Waals surface area contributed by atoms with Gasteiger partial charge in [-0.3, -0.25) is 9.59 Å². The summed E-state index contributed by atoms with van der Waals surface area (Å²) in [5.41, 5.74) is 2.36. The van der Waals surface area contributed by atoms with Crippen LogP contribution >= 0.6 is 47.0 Å². The van der Waals surface area contributed by atoms with E-state index in [1.54, 1.807) is 24.3 Å². The van der Waals surface area contributed by atoms with Gasteiger partial charge in [0.2, 0.25) is 3.79 Å². The van der Waals surface area contributed by atoms with Gasteiger partial charge in [0.1, 0.15) is 6.17 Å². The lowest BCUT2D eigenvalue weighted by molar-refractivity contribution is 0.0932. The van der Waals surface area contributed by atoms with Gasteiger partial charge in [-0.25, -0.2) is 0 Å². The molecule has 1 aromatic carbocycles. The third-order valence-corrected chi connectivity index (χ3v) is 7.06. The van der Waals surface area contributed by atoms with Crippen molar-refractivity contribution in [2.45, 2.75) is 35.8 Å². The van der Waals surface area contributed by atoms with Crippen LogP contribution in [0.5, 0.6) is 0 Å². The zero-order valence-corrected chi connectivity index (χ0v) is 20.4. The van der Waals surface area contributed by atoms with Crippen molar-refractivity contribution in [3.8, 4) is 0 Å². The van der Waals surface area contributed by atoms with Crippen LogP contribution in [0.15, 0.2) is 47.3 Å². The van der Waals surface area contributed by atoms with Crippen LogP contribution in [0, 0.1) is 12.8 Å². The number of thiocarbonyl (C=S) groups is 1. The zero-order valence-electron chi connectivity index (χ0n) is 17.4. The second-order valence-corrected chi connectivity index (χ2v) is 11.1. The Hall–Kier alpha value is -1.80. The number of rotatable bonds is 3. The van der Waals surface area contributed by atoms with Crippen LogP contribution < -0.4 is 16.2 Å². The highest BCUT2D eigenvalue weighted by Crippen LogP contribution is 2.35. The lowest BCUT2D eigenvalue weighted by Crippen LogP contribution is -2.60. The standard InChI is InChI=1S/C22H23Cl3N4O2S/c1-13-5-2-3-6-16(13)19(31)26-20(22(23,24)25)27-21(32)28-10-14-9-15(12-28)17-7-4-8-18(30)29(17)11-14/h2-8,14-15,20H,9-12H2,1H3,(H,26,31)(H,27,32)/t14-,15+,20-/m0/s1. The van der Waals surface area contributed by atoms with E-state index in [-0.39, 0.29) is 23.3 Å². The lowest BCUT2D eigenvalue weighted by atomic mass is 9.83. The summed E-state index contributed by atoms with van der Waals surface area (Å²) in [5.74, 6) is 0.108. The predicted octanol–water partition coefficient (Wildman–Crippen LogP) is 3.58. The number of carbonyl (C=O) groups excluding carboxylic acids is 1. The lowest BCUT2D eigenvalue weighted by Gasteiger charge is -2.44. The Bertz CT molecular complexity index is 1100. The number of nitrogens with one attached hydrogen (secondary N) is 2. The number of fused-ring (bicyclic) bond motifs is 4. The summed E-state index contributed by atoms with van der Waals surface area (Å²) in [4.78, 5) is 27.1. The molecule has 0 spiro atoms. The quantitative estimate of drug-likeness (QED) is 0.373. The number of benzene rings is 1. The van der Waals surface area contributed by atoms with Crippen molar-refractivity contribution in [2.75, 3.05) is 13.1 Å². The smallest absolute Gasteiger partial charge is 0.253 e. The SMILES string of the molecule is Cc1ccccc1C(=O)N[C@@H](NC(=S)N1C[C@@H]2C[C@H](C1)c1cccc(=O)n1C2)C(Cl)(Cl)Cl. The number of pyridine rings is 1. The summed E-state index contributed by atoms with van der Waals surface area (Å²) < 4.78 is 0.0349. The molecule has 170 valence electrons. The first-order valence-electron chi connectivity index (χ1n) is 10.3. The number of alkyl halides is 3. The van der Waals surface area contributed by atoms with Crippen LogP contribution in [0.25, 0.3) is 0 Å². The summed E-state index contributed by atoms with van der Waals surface area (Å²) in [6.07, 6.45) is -0.0238. The van der Waals surface area contributed by atoms with Crippen molar-refractivity contribution >= 4 is 58.0 Å². The molecule has 2 aliphatic heterocycles. The van der Waals surface area contributed by atoms with Crippen molar-refractivity contribution in [2.24, 2.45) is 5.92 Å². The number of piperidine rings is 1. The van der Waals surface area contributed by atoms with Crippen LogP contribution in [-0.2, 0) is 6.54 Å². The van der Waals surface area contributed by atoms with Gasteiger partial charge in [-0.15, -0.1) is 0 Å².